The van der Waals surface area contributed by atoms with E-state index in [4.69, 9.17) is 13.7 Å². The van der Waals surface area contributed by atoms with E-state index in [2.05, 4.69) is 5.32 Å². The fourth-order valence-electron chi connectivity index (χ4n) is 3.28. The molecule has 0 spiro atoms. The van der Waals surface area contributed by atoms with Crippen LogP contribution in [-0.4, -0.2) is 33.1 Å². The number of esters is 1. The first kappa shape index (κ1) is 26.7. The van der Waals surface area contributed by atoms with Crippen LogP contribution in [0.1, 0.15) is 25.0 Å². The van der Waals surface area contributed by atoms with Crippen molar-refractivity contribution in [1.29, 1.82) is 0 Å². The van der Waals surface area contributed by atoms with E-state index in [1.54, 1.807) is 44.2 Å². The van der Waals surface area contributed by atoms with E-state index in [-0.39, 0.29) is 36.3 Å². The third kappa shape index (κ3) is 8.42. The normalized spacial score (nSPS) is 12.0. The van der Waals surface area contributed by atoms with Crippen molar-refractivity contribution in [2.45, 2.75) is 37.9 Å². The van der Waals surface area contributed by atoms with E-state index < -0.39 is 28.1 Å². The summed E-state index contributed by atoms with van der Waals surface area (Å²) in [4.78, 5) is 24.8. The third-order valence-corrected chi connectivity index (χ3v) is 6.30. The first-order chi connectivity index (χ1) is 17.2. The first-order valence-corrected chi connectivity index (χ1v) is 12.9. The first-order valence-electron chi connectivity index (χ1n) is 11.5. The number of hydrogen-bond acceptors (Lipinski definition) is 7. The Morgan fingerprint density at radius 3 is 2.06 bits per heavy atom. The van der Waals surface area contributed by atoms with Crippen LogP contribution < -0.4 is 9.50 Å². The average molecular weight is 512 g/mol. The lowest BCUT2D eigenvalue weighted by Gasteiger charge is -2.18. The maximum atomic E-state index is 12.6. The Hall–Kier alpha value is -3.85. The molecule has 8 nitrogen and oxygen atoms in total. The van der Waals surface area contributed by atoms with Crippen molar-refractivity contribution in [3.05, 3.63) is 96.1 Å². The highest BCUT2D eigenvalue weighted by Crippen LogP contribution is 2.21. The molecule has 0 aliphatic heterocycles. The van der Waals surface area contributed by atoms with Gasteiger partial charge in [-0.2, -0.15) is 8.42 Å². The van der Waals surface area contributed by atoms with Crippen molar-refractivity contribution in [2.75, 3.05) is 6.54 Å². The van der Waals surface area contributed by atoms with Crippen molar-refractivity contribution in [3.8, 4) is 5.75 Å². The van der Waals surface area contributed by atoms with E-state index in [0.717, 1.165) is 11.1 Å². The molecule has 0 fully saturated rings. The molecule has 36 heavy (non-hydrogen) atoms. The molecule has 1 atom stereocenters. The molecule has 0 bridgehead atoms. The zero-order chi connectivity index (χ0) is 26.0. The molecule has 1 N–H and O–H groups in total. The molecule has 3 rings (SSSR count). The number of carbonyl (C=O) groups is 2. The molecule has 3 aromatic carbocycles. The Balaban J connectivity index is 1.60. The molecule has 3 aromatic rings. The van der Waals surface area contributed by atoms with E-state index in [0.29, 0.717) is 0 Å². The lowest BCUT2D eigenvalue weighted by molar-refractivity contribution is -0.152. The quantitative estimate of drug-likeness (QED) is 0.298. The van der Waals surface area contributed by atoms with Crippen LogP contribution in [0.3, 0.4) is 0 Å². The van der Waals surface area contributed by atoms with Crippen molar-refractivity contribution in [3.63, 3.8) is 0 Å². The molecule has 1 unspecified atom stereocenters. The number of ether oxygens (including phenoxy) is 2. The highest BCUT2D eigenvalue weighted by molar-refractivity contribution is 7.87. The van der Waals surface area contributed by atoms with Gasteiger partial charge < -0.3 is 19.0 Å². The number of rotatable bonds is 11. The summed E-state index contributed by atoms with van der Waals surface area (Å²) >= 11 is 0. The van der Waals surface area contributed by atoms with Gasteiger partial charge in [0.1, 0.15) is 17.3 Å². The Morgan fingerprint density at radius 2 is 1.44 bits per heavy atom. The molecule has 0 aromatic heterocycles. The van der Waals surface area contributed by atoms with Crippen LogP contribution in [-0.2, 0) is 37.4 Å². The zero-order valence-electron chi connectivity index (χ0n) is 20.1. The molecule has 0 aliphatic carbocycles. The molecular formula is C27H29NO7S. The highest BCUT2D eigenvalue weighted by atomic mass is 32.2. The van der Waals surface area contributed by atoms with Gasteiger partial charge in [-0.15, -0.1) is 0 Å². The molecule has 0 heterocycles. The number of hydrogen-bond donors (Lipinski definition) is 1. The molecule has 0 radical (unpaired) electrons. The topological polar surface area (TPSA) is 108 Å². The summed E-state index contributed by atoms with van der Waals surface area (Å²) in [7, 11) is -3.96. The van der Waals surface area contributed by atoms with Crippen LogP contribution in [0.25, 0.3) is 0 Å². The number of carbonyl (C=O) groups excluding carboxylic acids is 2. The van der Waals surface area contributed by atoms with Gasteiger partial charge in [0, 0.05) is 6.54 Å². The van der Waals surface area contributed by atoms with Gasteiger partial charge in [0.05, 0.1) is 12.0 Å². The molecule has 190 valence electrons. The summed E-state index contributed by atoms with van der Waals surface area (Å²) < 4.78 is 40.6. The maximum absolute atomic E-state index is 12.6. The van der Waals surface area contributed by atoms with Crippen LogP contribution in [0, 0.1) is 5.92 Å². The Morgan fingerprint density at radius 1 is 0.833 bits per heavy atom. The number of amides is 1. The van der Waals surface area contributed by atoms with Gasteiger partial charge in [-0.05, 0) is 55.7 Å². The van der Waals surface area contributed by atoms with Crippen LogP contribution in [0.4, 0.5) is 4.79 Å². The van der Waals surface area contributed by atoms with Crippen molar-refractivity contribution >= 4 is 22.2 Å². The third-order valence-electron chi connectivity index (χ3n) is 5.03. The predicted octanol–water partition coefficient (Wildman–Crippen LogP) is 4.49. The van der Waals surface area contributed by atoms with Crippen molar-refractivity contribution in [2.24, 2.45) is 5.92 Å². The van der Waals surface area contributed by atoms with Crippen LogP contribution in [0.15, 0.2) is 89.8 Å². The van der Waals surface area contributed by atoms with Crippen LogP contribution in [0.5, 0.6) is 5.75 Å². The van der Waals surface area contributed by atoms with Crippen molar-refractivity contribution in [1.82, 2.24) is 5.32 Å². The lowest BCUT2D eigenvalue weighted by atomic mass is 9.99. The SMILES string of the molecule is CC(C)OC(=O)C(CNC(=O)OCc1ccccc1)Cc1ccc(OS(=O)(=O)c2ccccc2)cc1. The minimum Gasteiger partial charge on any atom is -0.463 e. The molecular weight excluding hydrogens is 482 g/mol. The largest absolute Gasteiger partial charge is 0.463 e. The van der Waals surface area contributed by atoms with Gasteiger partial charge in [-0.1, -0.05) is 60.7 Å². The van der Waals surface area contributed by atoms with E-state index in [1.807, 2.05) is 30.3 Å². The molecule has 0 saturated heterocycles. The van der Waals surface area contributed by atoms with E-state index >= 15 is 0 Å². The standard InChI is InChI=1S/C27H29NO7S/c1-20(2)34-26(29)23(18-28-27(30)33-19-22-9-5-3-6-10-22)17-21-13-15-24(16-14-21)35-36(31,32)25-11-7-4-8-12-25/h3-16,20,23H,17-19H2,1-2H3,(H,28,30). The second kappa shape index (κ2) is 12.7. The summed E-state index contributed by atoms with van der Waals surface area (Å²) in [5, 5.41) is 2.62. The smallest absolute Gasteiger partial charge is 0.407 e. The van der Waals surface area contributed by atoms with Gasteiger partial charge in [0.15, 0.2) is 0 Å². The second-order valence-electron chi connectivity index (χ2n) is 8.32. The molecule has 0 saturated carbocycles. The van der Waals surface area contributed by atoms with Gasteiger partial charge in [-0.3, -0.25) is 4.79 Å². The summed E-state index contributed by atoms with van der Waals surface area (Å²) in [6.45, 7) is 3.62. The highest BCUT2D eigenvalue weighted by Gasteiger charge is 2.23. The second-order valence-corrected chi connectivity index (χ2v) is 9.87. The summed E-state index contributed by atoms with van der Waals surface area (Å²) in [5.74, 6) is -0.983. The minimum atomic E-state index is -3.96. The van der Waals surface area contributed by atoms with Gasteiger partial charge >= 0.3 is 22.2 Å². The fraction of sp³-hybridized carbons (Fsp3) is 0.259. The summed E-state index contributed by atoms with van der Waals surface area (Å²) in [6, 6.07) is 23.5. The van der Waals surface area contributed by atoms with Crippen LogP contribution >= 0.6 is 0 Å². The van der Waals surface area contributed by atoms with Crippen molar-refractivity contribution < 1.29 is 31.7 Å². The predicted molar refractivity (Wildman–Crippen MR) is 134 cm³/mol. The maximum Gasteiger partial charge on any atom is 0.407 e. The number of alkyl carbamates (subject to hydrolysis) is 1. The average Bonchev–Trinajstić information content (AvgIpc) is 2.87. The van der Waals surface area contributed by atoms with E-state index in [9.17, 15) is 18.0 Å². The van der Waals surface area contributed by atoms with Gasteiger partial charge in [0.2, 0.25) is 0 Å². The Kier molecular flexibility index (Phi) is 9.46. The summed E-state index contributed by atoms with van der Waals surface area (Å²) in [6.07, 6.45) is -0.698. The zero-order valence-corrected chi connectivity index (χ0v) is 20.9. The lowest BCUT2D eigenvalue weighted by Crippen LogP contribution is -2.36. The van der Waals surface area contributed by atoms with Crippen LogP contribution in [0.2, 0.25) is 0 Å². The Bertz CT molecular complexity index is 1230. The Labute approximate surface area is 211 Å². The summed E-state index contributed by atoms with van der Waals surface area (Å²) in [5.41, 5.74) is 1.59. The monoisotopic (exact) mass is 511 g/mol. The minimum absolute atomic E-state index is 0.0137. The molecule has 1 amide bonds. The molecule has 0 aliphatic rings. The molecule has 9 heteroatoms. The number of benzene rings is 3. The van der Waals surface area contributed by atoms with Gasteiger partial charge in [0.25, 0.3) is 0 Å². The number of nitrogens with one attached hydrogen (secondary N) is 1. The fourth-order valence-corrected chi connectivity index (χ4v) is 4.23. The van der Waals surface area contributed by atoms with E-state index in [1.165, 1.54) is 24.3 Å². The van der Waals surface area contributed by atoms with Gasteiger partial charge in [-0.25, -0.2) is 4.79 Å².